The van der Waals surface area contributed by atoms with E-state index < -0.39 is 0 Å². The molecule has 0 spiro atoms. The normalized spacial score (nSPS) is 11.3. The lowest BCUT2D eigenvalue weighted by Crippen LogP contribution is -2.34. The van der Waals surface area contributed by atoms with E-state index in [2.05, 4.69) is 17.2 Å². The molecule has 0 saturated carbocycles. The van der Waals surface area contributed by atoms with E-state index in [0.717, 1.165) is 18.7 Å². The average Bonchev–Trinajstić information content (AvgIpc) is 2.32. The maximum absolute atomic E-state index is 5.83. The highest BCUT2D eigenvalue weighted by molar-refractivity contribution is 6.30. The molecule has 0 amide bonds. The third kappa shape index (κ3) is 6.02. The molecule has 3 N–H and O–H groups in total. The van der Waals surface area contributed by atoms with Crippen molar-refractivity contribution in [2.24, 2.45) is 10.7 Å². The van der Waals surface area contributed by atoms with Crippen LogP contribution in [0.25, 0.3) is 0 Å². The molecule has 0 bridgehead atoms. The van der Waals surface area contributed by atoms with Gasteiger partial charge in [0.05, 0.1) is 6.54 Å². The number of aliphatic imine (C=N–C) groups is 1. The number of rotatable bonds is 6. The van der Waals surface area contributed by atoms with Crippen LogP contribution in [-0.4, -0.2) is 25.7 Å². The number of hydrogen-bond acceptors (Lipinski definition) is 2. The van der Waals surface area contributed by atoms with Crippen molar-refractivity contribution >= 4 is 17.6 Å². The van der Waals surface area contributed by atoms with E-state index in [0.29, 0.717) is 24.1 Å². The summed E-state index contributed by atoms with van der Waals surface area (Å²) >= 11 is 5.83. The first kappa shape index (κ1) is 13.6. The summed E-state index contributed by atoms with van der Waals surface area (Å²) in [5, 5.41) is 3.64. The summed E-state index contributed by atoms with van der Waals surface area (Å²) < 4.78 is 5.48. The maximum atomic E-state index is 5.83. The molecule has 0 aliphatic heterocycles. The van der Waals surface area contributed by atoms with Crippen molar-refractivity contribution in [3.05, 3.63) is 29.3 Å². The lowest BCUT2D eigenvalue weighted by atomic mass is 10.3. The summed E-state index contributed by atoms with van der Waals surface area (Å²) in [6.45, 7) is 3.93. The van der Waals surface area contributed by atoms with Gasteiger partial charge in [0.1, 0.15) is 12.4 Å². The summed E-state index contributed by atoms with van der Waals surface area (Å²) in [4.78, 5) is 4.11. The average molecular weight is 256 g/mol. The first-order valence-electron chi connectivity index (χ1n) is 5.64. The molecular weight excluding hydrogens is 238 g/mol. The molecule has 94 valence electrons. The van der Waals surface area contributed by atoms with Crippen molar-refractivity contribution in [2.45, 2.75) is 13.3 Å². The second-order valence-corrected chi connectivity index (χ2v) is 3.94. The van der Waals surface area contributed by atoms with Crippen molar-refractivity contribution in [1.82, 2.24) is 5.32 Å². The number of nitrogens with one attached hydrogen (secondary N) is 1. The summed E-state index contributed by atoms with van der Waals surface area (Å²) in [5.74, 6) is 1.21. The SMILES string of the molecule is CCCN=C(N)NCCOc1cccc(Cl)c1. The highest BCUT2D eigenvalue weighted by atomic mass is 35.5. The van der Waals surface area contributed by atoms with Gasteiger partial charge in [-0.2, -0.15) is 0 Å². The smallest absolute Gasteiger partial charge is 0.188 e. The molecule has 0 aliphatic rings. The Morgan fingerprint density at radius 1 is 1.53 bits per heavy atom. The first-order chi connectivity index (χ1) is 8.22. The number of guanidine groups is 1. The molecule has 4 nitrogen and oxygen atoms in total. The fraction of sp³-hybridized carbons (Fsp3) is 0.417. The summed E-state index contributed by atoms with van der Waals surface area (Å²) in [6.07, 6.45) is 0.987. The van der Waals surface area contributed by atoms with Crippen LogP contribution < -0.4 is 15.8 Å². The largest absolute Gasteiger partial charge is 0.492 e. The monoisotopic (exact) mass is 255 g/mol. The van der Waals surface area contributed by atoms with Crippen molar-refractivity contribution in [3.8, 4) is 5.75 Å². The van der Waals surface area contributed by atoms with E-state index in [9.17, 15) is 0 Å². The molecule has 5 heteroatoms. The Kier molecular flexibility index (Phi) is 6.25. The number of benzene rings is 1. The van der Waals surface area contributed by atoms with Gasteiger partial charge in [-0.25, -0.2) is 0 Å². The van der Waals surface area contributed by atoms with Gasteiger partial charge in [0.25, 0.3) is 0 Å². The Balaban J connectivity index is 2.20. The van der Waals surface area contributed by atoms with E-state index in [4.69, 9.17) is 22.1 Å². The quantitative estimate of drug-likeness (QED) is 0.465. The molecule has 17 heavy (non-hydrogen) atoms. The van der Waals surface area contributed by atoms with Gasteiger partial charge in [-0.1, -0.05) is 24.6 Å². The Hall–Kier alpha value is -1.42. The Labute approximate surface area is 107 Å². The lowest BCUT2D eigenvalue weighted by Gasteiger charge is -2.08. The number of ether oxygens (including phenoxy) is 1. The molecule has 1 aromatic rings. The summed E-state index contributed by atoms with van der Waals surface area (Å²) in [5.41, 5.74) is 5.63. The predicted molar refractivity (Wildman–Crippen MR) is 71.7 cm³/mol. The van der Waals surface area contributed by atoms with Crippen molar-refractivity contribution in [3.63, 3.8) is 0 Å². The van der Waals surface area contributed by atoms with Crippen LogP contribution in [0.15, 0.2) is 29.3 Å². The van der Waals surface area contributed by atoms with Crippen LogP contribution in [0.2, 0.25) is 5.02 Å². The number of nitrogens with zero attached hydrogens (tertiary/aromatic N) is 1. The van der Waals surface area contributed by atoms with Crippen molar-refractivity contribution in [2.75, 3.05) is 19.7 Å². The molecule has 0 unspecified atom stereocenters. The molecule has 0 aromatic heterocycles. The van der Waals surface area contributed by atoms with Crippen molar-refractivity contribution < 1.29 is 4.74 Å². The van der Waals surface area contributed by atoms with Gasteiger partial charge < -0.3 is 15.8 Å². The second kappa shape index (κ2) is 7.79. The molecule has 0 radical (unpaired) electrons. The molecule has 0 heterocycles. The van der Waals surface area contributed by atoms with Gasteiger partial charge in [0.2, 0.25) is 0 Å². The van der Waals surface area contributed by atoms with E-state index in [1.54, 1.807) is 6.07 Å². The maximum Gasteiger partial charge on any atom is 0.188 e. The lowest BCUT2D eigenvalue weighted by molar-refractivity contribution is 0.322. The van der Waals surface area contributed by atoms with E-state index >= 15 is 0 Å². The number of halogens is 1. The molecular formula is C12H18ClN3O. The molecule has 0 aliphatic carbocycles. The van der Waals surface area contributed by atoms with E-state index in [-0.39, 0.29) is 0 Å². The molecule has 0 fully saturated rings. The van der Waals surface area contributed by atoms with Crippen LogP contribution in [0.5, 0.6) is 5.75 Å². The number of nitrogens with two attached hydrogens (primary N) is 1. The van der Waals surface area contributed by atoms with Crippen molar-refractivity contribution in [1.29, 1.82) is 0 Å². The molecule has 0 saturated heterocycles. The fourth-order valence-corrected chi connectivity index (χ4v) is 1.37. The predicted octanol–water partition coefficient (Wildman–Crippen LogP) is 2.03. The Morgan fingerprint density at radius 3 is 3.06 bits per heavy atom. The van der Waals surface area contributed by atoms with E-state index in [1.165, 1.54) is 0 Å². The standard InChI is InChI=1S/C12H18ClN3O/c1-2-6-15-12(14)16-7-8-17-11-5-3-4-10(13)9-11/h3-5,9H,2,6-8H2,1H3,(H3,14,15,16). The molecule has 0 atom stereocenters. The third-order valence-corrected chi connectivity index (χ3v) is 2.21. The van der Waals surface area contributed by atoms with Gasteiger partial charge in [0.15, 0.2) is 5.96 Å². The van der Waals surface area contributed by atoms with Crippen LogP contribution >= 0.6 is 11.6 Å². The van der Waals surface area contributed by atoms with Crippen LogP contribution in [0.1, 0.15) is 13.3 Å². The van der Waals surface area contributed by atoms with Crippen LogP contribution in [0.3, 0.4) is 0 Å². The first-order valence-corrected chi connectivity index (χ1v) is 6.02. The molecule has 1 rings (SSSR count). The van der Waals surface area contributed by atoms with Crippen LogP contribution in [-0.2, 0) is 0 Å². The van der Waals surface area contributed by atoms with E-state index in [1.807, 2.05) is 18.2 Å². The minimum Gasteiger partial charge on any atom is -0.492 e. The van der Waals surface area contributed by atoms with Gasteiger partial charge in [-0.3, -0.25) is 4.99 Å². The summed E-state index contributed by atoms with van der Waals surface area (Å²) in [7, 11) is 0. The fourth-order valence-electron chi connectivity index (χ4n) is 1.19. The Morgan fingerprint density at radius 2 is 2.35 bits per heavy atom. The zero-order valence-corrected chi connectivity index (χ0v) is 10.7. The highest BCUT2D eigenvalue weighted by Crippen LogP contribution is 2.16. The second-order valence-electron chi connectivity index (χ2n) is 3.50. The highest BCUT2D eigenvalue weighted by Gasteiger charge is 1.95. The zero-order valence-electron chi connectivity index (χ0n) is 9.95. The zero-order chi connectivity index (χ0) is 12.5. The van der Waals surface area contributed by atoms with Gasteiger partial charge in [-0.05, 0) is 24.6 Å². The van der Waals surface area contributed by atoms with Crippen LogP contribution in [0, 0.1) is 0 Å². The Bertz CT molecular complexity index is 369. The van der Waals surface area contributed by atoms with Crippen LogP contribution in [0.4, 0.5) is 0 Å². The van der Waals surface area contributed by atoms with Gasteiger partial charge >= 0.3 is 0 Å². The minimum absolute atomic E-state index is 0.460. The van der Waals surface area contributed by atoms with Gasteiger partial charge in [0, 0.05) is 11.6 Å². The van der Waals surface area contributed by atoms with Gasteiger partial charge in [-0.15, -0.1) is 0 Å². The summed E-state index contributed by atoms with van der Waals surface area (Å²) in [6, 6.07) is 7.29. The minimum atomic E-state index is 0.460. The topological polar surface area (TPSA) is 59.6 Å². The third-order valence-electron chi connectivity index (χ3n) is 1.98. The number of hydrogen-bond donors (Lipinski definition) is 2. The molecule has 1 aromatic carbocycles.